The maximum absolute atomic E-state index is 11.8. The van der Waals surface area contributed by atoms with Crippen LogP contribution in [0.2, 0.25) is 0 Å². The van der Waals surface area contributed by atoms with Gasteiger partial charge in [-0.05, 0) is 37.0 Å². The van der Waals surface area contributed by atoms with Crippen molar-refractivity contribution < 1.29 is 4.79 Å². The minimum absolute atomic E-state index is 0.106. The van der Waals surface area contributed by atoms with Crippen LogP contribution in [0.25, 0.3) is 0 Å². The van der Waals surface area contributed by atoms with Crippen molar-refractivity contribution in [2.45, 2.75) is 45.1 Å². The molecular formula is C13H19N3OS. The highest BCUT2D eigenvalue weighted by molar-refractivity contribution is 7.15. The van der Waals surface area contributed by atoms with Gasteiger partial charge >= 0.3 is 6.03 Å². The van der Waals surface area contributed by atoms with E-state index in [-0.39, 0.29) is 6.03 Å². The van der Waals surface area contributed by atoms with Crippen LogP contribution >= 0.6 is 11.3 Å². The molecule has 2 aliphatic carbocycles. The van der Waals surface area contributed by atoms with Crippen molar-refractivity contribution in [2.24, 2.45) is 11.8 Å². The molecule has 2 aliphatic rings. The van der Waals surface area contributed by atoms with Gasteiger partial charge in [0.25, 0.3) is 0 Å². The summed E-state index contributed by atoms with van der Waals surface area (Å²) in [5.74, 6) is 2.24. The molecule has 0 bridgehead atoms. The van der Waals surface area contributed by atoms with E-state index < -0.39 is 0 Å². The molecule has 2 atom stereocenters. The number of carbonyl (C=O) groups excluding carboxylic acids is 1. The number of aromatic nitrogens is 1. The van der Waals surface area contributed by atoms with Gasteiger partial charge in [-0.15, -0.1) is 11.3 Å². The van der Waals surface area contributed by atoms with E-state index in [9.17, 15) is 4.79 Å². The van der Waals surface area contributed by atoms with Crippen molar-refractivity contribution >= 4 is 22.5 Å². The Bertz CT molecular complexity index is 447. The van der Waals surface area contributed by atoms with Crippen molar-refractivity contribution in [3.63, 3.8) is 0 Å². The zero-order valence-electron chi connectivity index (χ0n) is 10.8. The summed E-state index contributed by atoms with van der Waals surface area (Å²) in [5, 5.41) is 6.57. The topological polar surface area (TPSA) is 54.0 Å². The number of rotatable bonds is 3. The van der Waals surface area contributed by atoms with Crippen molar-refractivity contribution in [2.75, 3.05) is 5.32 Å². The van der Waals surface area contributed by atoms with Gasteiger partial charge in [-0.2, -0.15) is 0 Å². The predicted molar refractivity (Wildman–Crippen MR) is 73.0 cm³/mol. The zero-order valence-corrected chi connectivity index (χ0v) is 11.6. The van der Waals surface area contributed by atoms with Crippen molar-refractivity contribution in [3.05, 3.63) is 11.1 Å². The highest BCUT2D eigenvalue weighted by atomic mass is 32.1. The molecule has 98 valence electrons. The first-order valence-electron chi connectivity index (χ1n) is 6.65. The average Bonchev–Trinajstić information content (AvgIpc) is 2.76. The van der Waals surface area contributed by atoms with E-state index in [0.717, 1.165) is 24.7 Å². The first-order valence-corrected chi connectivity index (χ1v) is 7.46. The molecule has 2 unspecified atom stereocenters. The van der Waals surface area contributed by atoms with Gasteiger partial charge in [-0.3, -0.25) is 5.32 Å². The molecule has 1 aromatic heterocycles. The molecule has 0 radical (unpaired) electrons. The van der Waals surface area contributed by atoms with Crippen LogP contribution in [0, 0.1) is 11.8 Å². The Morgan fingerprint density at radius 1 is 1.39 bits per heavy atom. The molecule has 3 rings (SSSR count). The summed E-state index contributed by atoms with van der Waals surface area (Å²) in [6.07, 6.45) is 5.54. The van der Waals surface area contributed by atoms with Gasteiger partial charge in [0, 0.05) is 17.1 Å². The number of nitrogens with one attached hydrogen (secondary N) is 2. The second kappa shape index (κ2) is 4.53. The molecule has 1 heterocycles. The smallest absolute Gasteiger partial charge is 0.321 e. The molecule has 0 aromatic carbocycles. The number of anilines is 1. The van der Waals surface area contributed by atoms with E-state index in [0.29, 0.717) is 17.1 Å². The molecule has 2 saturated carbocycles. The highest BCUT2D eigenvalue weighted by Gasteiger charge is 2.46. The number of nitrogens with zero attached hydrogens (tertiary/aromatic N) is 1. The lowest BCUT2D eigenvalue weighted by atomic mass is 10.2. The molecule has 1 aromatic rings. The van der Waals surface area contributed by atoms with Crippen LogP contribution in [0.5, 0.6) is 0 Å². The highest BCUT2D eigenvalue weighted by Crippen LogP contribution is 2.51. The number of amides is 2. The Hall–Kier alpha value is -1.10. The third kappa shape index (κ3) is 2.51. The van der Waals surface area contributed by atoms with Crippen molar-refractivity contribution in [1.29, 1.82) is 0 Å². The first kappa shape index (κ1) is 12.0. The van der Waals surface area contributed by atoms with Crippen LogP contribution in [-0.2, 0) is 0 Å². The van der Waals surface area contributed by atoms with Crippen molar-refractivity contribution in [1.82, 2.24) is 10.3 Å². The van der Waals surface area contributed by atoms with E-state index in [1.54, 1.807) is 11.3 Å². The van der Waals surface area contributed by atoms with Crippen LogP contribution in [0.3, 0.4) is 0 Å². The second-order valence-electron chi connectivity index (χ2n) is 5.75. The van der Waals surface area contributed by atoms with Gasteiger partial charge in [0.1, 0.15) is 0 Å². The Morgan fingerprint density at radius 3 is 2.72 bits per heavy atom. The number of urea groups is 1. The summed E-state index contributed by atoms with van der Waals surface area (Å²) < 4.78 is 0. The van der Waals surface area contributed by atoms with Crippen LogP contribution < -0.4 is 10.6 Å². The molecule has 0 saturated heterocycles. The van der Waals surface area contributed by atoms with Gasteiger partial charge in [0.15, 0.2) is 5.13 Å². The first-order chi connectivity index (χ1) is 8.61. The van der Waals surface area contributed by atoms with Gasteiger partial charge in [-0.1, -0.05) is 13.8 Å². The standard InChI is InChI=1S/C13H19N3OS/c1-7(2)11-6-14-13(18-11)16-12(17)15-10-4-8-3-9(8)5-10/h6-10H,3-5H2,1-2H3,(H2,14,15,16,17). The predicted octanol–water partition coefficient (Wildman–Crippen LogP) is 3.19. The minimum atomic E-state index is -0.106. The summed E-state index contributed by atoms with van der Waals surface area (Å²) in [7, 11) is 0. The van der Waals surface area contributed by atoms with Gasteiger partial charge in [-0.25, -0.2) is 9.78 Å². The average molecular weight is 265 g/mol. The Balaban J connectivity index is 1.50. The second-order valence-corrected chi connectivity index (χ2v) is 6.81. The molecule has 0 spiro atoms. The molecule has 18 heavy (non-hydrogen) atoms. The molecule has 4 nitrogen and oxygen atoms in total. The lowest BCUT2D eigenvalue weighted by Crippen LogP contribution is -2.36. The number of fused-ring (bicyclic) bond motifs is 1. The zero-order chi connectivity index (χ0) is 12.7. The minimum Gasteiger partial charge on any atom is -0.335 e. The van der Waals surface area contributed by atoms with E-state index in [4.69, 9.17) is 0 Å². The maximum Gasteiger partial charge on any atom is 0.321 e. The fraction of sp³-hybridized carbons (Fsp3) is 0.692. The molecule has 2 N–H and O–H groups in total. The monoisotopic (exact) mass is 265 g/mol. The largest absolute Gasteiger partial charge is 0.335 e. The summed E-state index contributed by atoms with van der Waals surface area (Å²) in [4.78, 5) is 17.2. The van der Waals surface area contributed by atoms with Gasteiger partial charge < -0.3 is 5.32 Å². The van der Waals surface area contributed by atoms with E-state index in [1.165, 1.54) is 11.3 Å². The maximum atomic E-state index is 11.8. The number of carbonyl (C=O) groups is 1. The van der Waals surface area contributed by atoms with Gasteiger partial charge in [0.2, 0.25) is 0 Å². The van der Waals surface area contributed by atoms with Crippen LogP contribution in [-0.4, -0.2) is 17.1 Å². The third-order valence-corrected chi connectivity index (χ3v) is 5.11. The Kier molecular flexibility index (Phi) is 3.01. The summed E-state index contributed by atoms with van der Waals surface area (Å²) in [6, 6.07) is 0.268. The van der Waals surface area contributed by atoms with Crippen LogP contribution in [0.15, 0.2) is 6.20 Å². The molecular weight excluding hydrogens is 246 g/mol. The van der Waals surface area contributed by atoms with Crippen LogP contribution in [0.1, 0.15) is 43.9 Å². The number of hydrogen-bond donors (Lipinski definition) is 2. The van der Waals surface area contributed by atoms with Crippen LogP contribution in [0.4, 0.5) is 9.93 Å². The fourth-order valence-electron chi connectivity index (χ4n) is 2.76. The number of hydrogen-bond acceptors (Lipinski definition) is 3. The summed E-state index contributed by atoms with van der Waals surface area (Å²) >= 11 is 1.55. The summed E-state index contributed by atoms with van der Waals surface area (Å²) in [6.45, 7) is 4.25. The molecule has 0 aliphatic heterocycles. The lowest BCUT2D eigenvalue weighted by Gasteiger charge is -2.13. The van der Waals surface area contributed by atoms with E-state index in [2.05, 4.69) is 29.5 Å². The van der Waals surface area contributed by atoms with Crippen molar-refractivity contribution in [3.8, 4) is 0 Å². The Labute approximate surface area is 111 Å². The fourth-order valence-corrected chi connectivity index (χ4v) is 3.58. The molecule has 2 amide bonds. The third-order valence-electron chi connectivity index (χ3n) is 3.89. The van der Waals surface area contributed by atoms with E-state index in [1.807, 2.05) is 6.20 Å². The van der Waals surface area contributed by atoms with Gasteiger partial charge in [0.05, 0.1) is 0 Å². The Morgan fingerprint density at radius 2 is 2.11 bits per heavy atom. The summed E-state index contributed by atoms with van der Waals surface area (Å²) in [5.41, 5.74) is 0. The molecule has 5 heteroatoms. The number of thiazole rings is 1. The SMILES string of the molecule is CC(C)c1cnc(NC(=O)NC2CC3CC3C2)s1. The quantitative estimate of drug-likeness (QED) is 0.882. The van der Waals surface area contributed by atoms with E-state index >= 15 is 0 Å². The molecule has 2 fully saturated rings. The lowest BCUT2D eigenvalue weighted by molar-refractivity contribution is 0.247. The normalized spacial score (nSPS) is 29.2.